The van der Waals surface area contributed by atoms with Gasteiger partial charge in [-0.2, -0.15) is 0 Å². The van der Waals surface area contributed by atoms with E-state index in [4.69, 9.17) is 0 Å². The minimum atomic E-state index is -0.268. The third-order valence-corrected chi connectivity index (χ3v) is 3.92. The van der Waals surface area contributed by atoms with E-state index in [9.17, 15) is 9.59 Å². The van der Waals surface area contributed by atoms with Crippen molar-refractivity contribution in [3.05, 3.63) is 64.5 Å². The Hall–Kier alpha value is -3.82. The SMILES string of the molecule is Cc1ccnc(Nc2ccc(NCCNC(=O)Cn3cnc(C)cc3=O)nn2)c1. The summed E-state index contributed by atoms with van der Waals surface area (Å²) in [5.74, 6) is 1.60. The van der Waals surface area contributed by atoms with Gasteiger partial charge in [0.1, 0.15) is 18.2 Å². The monoisotopic (exact) mass is 394 g/mol. The van der Waals surface area contributed by atoms with Crippen LogP contribution in [0, 0.1) is 13.8 Å². The molecule has 10 nitrogen and oxygen atoms in total. The van der Waals surface area contributed by atoms with Crippen LogP contribution < -0.4 is 21.5 Å². The Labute approximate surface area is 167 Å². The molecule has 1 amide bonds. The fourth-order valence-corrected chi connectivity index (χ4v) is 2.47. The maximum Gasteiger partial charge on any atom is 0.253 e. The van der Waals surface area contributed by atoms with E-state index >= 15 is 0 Å². The summed E-state index contributed by atoms with van der Waals surface area (Å²) in [6.07, 6.45) is 3.09. The van der Waals surface area contributed by atoms with Crippen LogP contribution in [0.5, 0.6) is 0 Å². The number of aryl methyl sites for hydroxylation is 2. The maximum absolute atomic E-state index is 11.9. The van der Waals surface area contributed by atoms with Gasteiger partial charge in [-0.25, -0.2) is 9.97 Å². The van der Waals surface area contributed by atoms with Crippen molar-refractivity contribution in [3.63, 3.8) is 0 Å². The molecule has 10 heteroatoms. The zero-order valence-corrected chi connectivity index (χ0v) is 16.2. The van der Waals surface area contributed by atoms with Gasteiger partial charge in [-0.1, -0.05) is 0 Å². The van der Waals surface area contributed by atoms with Gasteiger partial charge in [0.05, 0.1) is 6.33 Å². The van der Waals surface area contributed by atoms with E-state index in [1.807, 2.05) is 19.1 Å². The van der Waals surface area contributed by atoms with Gasteiger partial charge in [0.15, 0.2) is 5.82 Å². The molecule has 3 aromatic rings. The average molecular weight is 394 g/mol. The minimum absolute atomic E-state index is 0.0702. The van der Waals surface area contributed by atoms with Crippen molar-refractivity contribution in [1.29, 1.82) is 0 Å². The van der Waals surface area contributed by atoms with Gasteiger partial charge in [0, 0.05) is 31.0 Å². The standard InChI is InChI=1S/C19H22N8O2/c1-13-5-6-20-17(9-13)24-16-4-3-15(25-26-16)21-7-8-22-18(28)11-27-12-23-14(2)10-19(27)29/h3-6,9-10,12H,7-8,11H2,1-2H3,(H,21,25)(H,22,28)(H,20,24,26). The van der Waals surface area contributed by atoms with Crippen molar-refractivity contribution >= 4 is 23.4 Å². The Morgan fingerprint density at radius 2 is 1.79 bits per heavy atom. The van der Waals surface area contributed by atoms with Crippen LogP contribution in [0.4, 0.5) is 17.5 Å². The Morgan fingerprint density at radius 1 is 1.00 bits per heavy atom. The Balaban J connectivity index is 1.41. The second-order valence-corrected chi connectivity index (χ2v) is 6.42. The number of carbonyl (C=O) groups is 1. The average Bonchev–Trinajstić information content (AvgIpc) is 2.69. The van der Waals surface area contributed by atoms with Crippen molar-refractivity contribution in [2.45, 2.75) is 20.4 Å². The van der Waals surface area contributed by atoms with Crippen LogP contribution in [-0.2, 0) is 11.3 Å². The smallest absolute Gasteiger partial charge is 0.253 e. The van der Waals surface area contributed by atoms with Crippen LogP contribution in [0.1, 0.15) is 11.3 Å². The first kappa shape index (κ1) is 19.9. The zero-order chi connectivity index (χ0) is 20.6. The number of amides is 1. The highest BCUT2D eigenvalue weighted by Gasteiger charge is 2.05. The normalized spacial score (nSPS) is 10.4. The molecular formula is C19H22N8O2. The Bertz CT molecular complexity index is 1030. The van der Waals surface area contributed by atoms with Gasteiger partial charge < -0.3 is 16.0 Å². The quantitative estimate of drug-likeness (QED) is 0.483. The summed E-state index contributed by atoms with van der Waals surface area (Å²) in [6.45, 7) is 4.48. The van der Waals surface area contributed by atoms with Crippen molar-refractivity contribution < 1.29 is 4.79 Å². The number of aromatic nitrogens is 5. The molecule has 3 rings (SSSR count). The minimum Gasteiger partial charge on any atom is -0.367 e. The molecule has 0 aromatic carbocycles. The van der Waals surface area contributed by atoms with Crippen LogP contribution in [-0.4, -0.2) is 43.7 Å². The van der Waals surface area contributed by atoms with Crippen LogP contribution in [0.3, 0.4) is 0 Å². The Morgan fingerprint density at radius 3 is 2.52 bits per heavy atom. The number of nitrogens with one attached hydrogen (secondary N) is 3. The highest BCUT2D eigenvalue weighted by molar-refractivity contribution is 5.75. The molecule has 0 spiro atoms. The number of hydrogen-bond donors (Lipinski definition) is 3. The van der Waals surface area contributed by atoms with Crippen molar-refractivity contribution in [3.8, 4) is 0 Å². The zero-order valence-electron chi connectivity index (χ0n) is 16.2. The molecule has 0 radical (unpaired) electrons. The van der Waals surface area contributed by atoms with E-state index in [-0.39, 0.29) is 18.0 Å². The lowest BCUT2D eigenvalue weighted by atomic mass is 10.3. The lowest BCUT2D eigenvalue weighted by molar-refractivity contribution is -0.121. The highest BCUT2D eigenvalue weighted by Crippen LogP contribution is 2.13. The lowest BCUT2D eigenvalue weighted by Crippen LogP contribution is -2.34. The number of hydrogen-bond acceptors (Lipinski definition) is 8. The van der Waals surface area contributed by atoms with Gasteiger partial charge in [-0.3, -0.25) is 14.2 Å². The molecule has 0 aliphatic heterocycles. The highest BCUT2D eigenvalue weighted by atomic mass is 16.2. The summed E-state index contributed by atoms with van der Waals surface area (Å²) < 4.78 is 1.26. The second kappa shape index (κ2) is 9.40. The molecule has 3 aromatic heterocycles. The van der Waals surface area contributed by atoms with Crippen molar-refractivity contribution in [1.82, 2.24) is 30.0 Å². The predicted molar refractivity (Wildman–Crippen MR) is 109 cm³/mol. The molecule has 3 heterocycles. The molecule has 0 atom stereocenters. The molecule has 0 aliphatic carbocycles. The first-order valence-corrected chi connectivity index (χ1v) is 9.07. The second-order valence-electron chi connectivity index (χ2n) is 6.42. The maximum atomic E-state index is 11.9. The molecule has 0 bridgehead atoms. The fraction of sp³-hybridized carbons (Fsp3) is 0.263. The summed E-state index contributed by atoms with van der Waals surface area (Å²) in [5, 5.41) is 17.1. The summed E-state index contributed by atoms with van der Waals surface area (Å²) in [7, 11) is 0. The summed E-state index contributed by atoms with van der Waals surface area (Å²) in [5.41, 5.74) is 1.46. The molecule has 150 valence electrons. The van der Waals surface area contributed by atoms with E-state index in [2.05, 4.69) is 36.1 Å². The Kier molecular flexibility index (Phi) is 6.46. The number of carbonyl (C=O) groups excluding carboxylic acids is 1. The topological polar surface area (TPSA) is 127 Å². The van der Waals surface area contributed by atoms with Crippen LogP contribution >= 0.6 is 0 Å². The molecule has 29 heavy (non-hydrogen) atoms. The summed E-state index contributed by atoms with van der Waals surface area (Å²) in [4.78, 5) is 31.9. The first-order valence-electron chi connectivity index (χ1n) is 9.07. The van der Waals surface area contributed by atoms with Crippen LogP contribution in [0.15, 0.2) is 47.7 Å². The molecule has 0 saturated heterocycles. The third-order valence-electron chi connectivity index (χ3n) is 3.92. The van der Waals surface area contributed by atoms with E-state index in [0.717, 1.165) is 5.56 Å². The lowest BCUT2D eigenvalue weighted by Gasteiger charge is -2.09. The van der Waals surface area contributed by atoms with Gasteiger partial charge in [-0.05, 0) is 43.7 Å². The predicted octanol–water partition coefficient (Wildman–Crippen LogP) is 1.02. The molecule has 0 unspecified atom stereocenters. The van der Waals surface area contributed by atoms with Gasteiger partial charge >= 0.3 is 0 Å². The number of pyridine rings is 1. The molecular weight excluding hydrogens is 372 g/mol. The van der Waals surface area contributed by atoms with E-state index < -0.39 is 0 Å². The van der Waals surface area contributed by atoms with Crippen LogP contribution in [0.25, 0.3) is 0 Å². The van der Waals surface area contributed by atoms with Gasteiger partial charge in [0.2, 0.25) is 5.91 Å². The number of anilines is 3. The summed E-state index contributed by atoms with van der Waals surface area (Å²) >= 11 is 0. The van der Waals surface area contributed by atoms with Gasteiger partial charge in [-0.15, -0.1) is 10.2 Å². The van der Waals surface area contributed by atoms with Crippen LogP contribution in [0.2, 0.25) is 0 Å². The summed E-state index contributed by atoms with van der Waals surface area (Å²) in [6, 6.07) is 8.79. The number of rotatable bonds is 8. The van der Waals surface area contributed by atoms with E-state index in [1.54, 1.807) is 25.3 Å². The fourth-order valence-electron chi connectivity index (χ4n) is 2.47. The molecule has 0 saturated carbocycles. The van der Waals surface area contributed by atoms with E-state index in [1.165, 1.54) is 17.0 Å². The molecule has 0 fully saturated rings. The molecule has 3 N–H and O–H groups in total. The largest absolute Gasteiger partial charge is 0.367 e. The van der Waals surface area contributed by atoms with Gasteiger partial charge in [0.25, 0.3) is 5.56 Å². The molecule has 0 aliphatic rings. The third kappa shape index (κ3) is 6.09. The first-order chi connectivity index (χ1) is 14.0. The van der Waals surface area contributed by atoms with Crippen molar-refractivity contribution in [2.75, 3.05) is 23.7 Å². The van der Waals surface area contributed by atoms with E-state index in [0.29, 0.717) is 36.2 Å². The number of nitrogens with zero attached hydrogens (tertiary/aromatic N) is 5. The van der Waals surface area contributed by atoms with Crippen molar-refractivity contribution in [2.24, 2.45) is 0 Å².